The van der Waals surface area contributed by atoms with Crippen LogP contribution in [0.1, 0.15) is 39.0 Å². The first-order chi connectivity index (χ1) is 12.4. The van der Waals surface area contributed by atoms with E-state index in [9.17, 15) is 14.4 Å². The fourth-order valence-electron chi connectivity index (χ4n) is 6.27. The van der Waals surface area contributed by atoms with Gasteiger partial charge in [0.2, 0.25) is 0 Å². The Balaban J connectivity index is 1.21. The van der Waals surface area contributed by atoms with Crippen molar-refractivity contribution < 1.29 is 28.6 Å². The summed E-state index contributed by atoms with van der Waals surface area (Å²) >= 11 is 0. The highest BCUT2D eigenvalue weighted by Gasteiger charge is 2.63. The van der Waals surface area contributed by atoms with E-state index in [1.54, 1.807) is 0 Å². The minimum absolute atomic E-state index is 0.0203. The van der Waals surface area contributed by atoms with E-state index in [0.29, 0.717) is 11.8 Å². The number of carbonyl (C=O) groups excluding carboxylic acids is 3. The van der Waals surface area contributed by atoms with Gasteiger partial charge in [-0.05, 0) is 74.5 Å². The normalized spacial score (nSPS) is 38.7. The summed E-state index contributed by atoms with van der Waals surface area (Å²) in [5, 5.41) is 0. The van der Waals surface area contributed by atoms with Crippen LogP contribution in [-0.4, -0.2) is 37.2 Å². The van der Waals surface area contributed by atoms with E-state index in [0.717, 1.165) is 30.1 Å². The predicted octanol–water partition coefficient (Wildman–Crippen LogP) is 2.26. The largest absolute Gasteiger partial charge is 0.460 e. The maximum Gasteiger partial charge on any atom is 0.344 e. The van der Waals surface area contributed by atoms with Crippen molar-refractivity contribution in [3.63, 3.8) is 0 Å². The number of hydrogen-bond donors (Lipinski definition) is 0. The van der Waals surface area contributed by atoms with Crippen molar-refractivity contribution in [1.29, 1.82) is 0 Å². The van der Waals surface area contributed by atoms with Crippen LogP contribution in [0.15, 0.2) is 12.2 Å². The molecular formula is C20H26O6. The summed E-state index contributed by atoms with van der Waals surface area (Å²) in [4.78, 5) is 34.8. The summed E-state index contributed by atoms with van der Waals surface area (Å²) in [5.41, 5.74) is 0.201. The number of esters is 3. The Kier molecular flexibility index (Phi) is 4.53. The Morgan fingerprint density at radius 3 is 2.31 bits per heavy atom. The Labute approximate surface area is 153 Å². The molecule has 7 atom stereocenters. The second-order valence-corrected chi connectivity index (χ2v) is 8.43. The monoisotopic (exact) mass is 362 g/mol. The highest BCUT2D eigenvalue weighted by Crippen LogP contribution is 2.67. The molecule has 4 saturated carbocycles. The van der Waals surface area contributed by atoms with Gasteiger partial charge in [-0.1, -0.05) is 6.58 Å². The van der Waals surface area contributed by atoms with Gasteiger partial charge in [0.15, 0.2) is 13.2 Å². The molecule has 4 fully saturated rings. The molecule has 4 aliphatic rings. The molecule has 4 bridgehead atoms. The minimum Gasteiger partial charge on any atom is -0.460 e. The molecule has 0 aromatic heterocycles. The smallest absolute Gasteiger partial charge is 0.344 e. The number of rotatable bonds is 6. The van der Waals surface area contributed by atoms with Crippen LogP contribution < -0.4 is 0 Å². The van der Waals surface area contributed by atoms with E-state index in [2.05, 4.69) is 11.3 Å². The van der Waals surface area contributed by atoms with Crippen molar-refractivity contribution in [3.8, 4) is 0 Å². The number of carbonyl (C=O) groups is 3. The molecule has 142 valence electrons. The molecule has 0 aromatic rings. The number of fused-ring (bicyclic) bond motifs is 9. The zero-order chi connectivity index (χ0) is 18.4. The highest BCUT2D eigenvalue weighted by atomic mass is 16.6. The van der Waals surface area contributed by atoms with Gasteiger partial charge >= 0.3 is 17.9 Å². The maximum absolute atomic E-state index is 12.1. The average Bonchev–Trinajstić information content (AvgIpc) is 3.36. The maximum atomic E-state index is 12.1. The molecule has 0 aromatic carbocycles. The topological polar surface area (TPSA) is 78.9 Å². The molecule has 0 amide bonds. The third-order valence-electron chi connectivity index (χ3n) is 6.98. The van der Waals surface area contributed by atoms with E-state index in [1.165, 1.54) is 32.6 Å². The Morgan fingerprint density at radius 1 is 0.885 bits per heavy atom. The molecule has 0 N–H and O–H groups in total. The van der Waals surface area contributed by atoms with Crippen LogP contribution in [0.4, 0.5) is 0 Å². The molecular weight excluding hydrogens is 336 g/mol. The Morgan fingerprint density at radius 2 is 1.58 bits per heavy atom. The van der Waals surface area contributed by atoms with Crippen molar-refractivity contribution in [3.05, 3.63) is 12.2 Å². The van der Waals surface area contributed by atoms with Crippen LogP contribution >= 0.6 is 0 Å². The number of hydrogen-bond acceptors (Lipinski definition) is 6. The molecule has 0 saturated heterocycles. The molecule has 7 unspecified atom stereocenters. The van der Waals surface area contributed by atoms with E-state index < -0.39 is 31.1 Å². The molecule has 4 rings (SSSR count). The van der Waals surface area contributed by atoms with E-state index in [4.69, 9.17) is 9.47 Å². The molecule has 6 heteroatoms. The first-order valence-electron chi connectivity index (χ1n) is 9.61. The second kappa shape index (κ2) is 6.71. The zero-order valence-electron chi connectivity index (χ0n) is 15.1. The average molecular weight is 362 g/mol. The van der Waals surface area contributed by atoms with Crippen molar-refractivity contribution in [2.75, 3.05) is 13.2 Å². The van der Waals surface area contributed by atoms with Gasteiger partial charge in [-0.2, -0.15) is 0 Å². The predicted molar refractivity (Wildman–Crippen MR) is 90.6 cm³/mol. The molecule has 0 spiro atoms. The lowest BCUT2D eigenvalue weighted by atomic mass is 9.70. The standard InChI is InChI=1S/C20H26O6/c1-10(2)20(23)25-8-16(21)24-9-17(22)26-15-7-13-6-14(15)19-12-4-3-11(5-12)18(13)19/h11-15,18-19H,1,3-9H2,2H3. The van der Waals surface area contributed by atoms with Crippen LogP contribution in [0.3, 0.4) is 0 Å². The summed E-state index contributed by atoms with van der Waals surface area (Å²) in [5.74, 6) is 2.64. The van der Waals surface area contributed by atoms with Gasteiger partial charge in [0.25, 0.3) is 0 Å². The van der Waals surface area contributed by atoms with Gasteiger partial charge < -0.3 is 14.2 Å². The van der Waals surface area contributed by atoms with E-state index >= 15 is 0 Å². The third-order valence-corrected chi connectivity index (χ3v) is 6.98. The SMILES string of the molecule is C=C(C)C(=O)OCC(=O)OCC(=O)OC1CC2CC1C1C3CCC(C3)C21. The lowest BCUT2D eigenvalue weighted by Gasteiger charge is -2.38. The molecule has 4 aliphatic carbocycles. The minimum atomic E-state index is -0.766. The summed E-state index contributed by atoms with van der Waals surface area (Å²) in [7, 11) is 0. The summed E-state index contributed by atoms with van der Waals surface area (Å²) in [6.45, 7) is 3.95. The van der Waals surface area contributed by atoms with Gasteiger partial charge in [-0.25, -0.2) is 14.4 Å². The van der Waals surface area contributed by atoms with E-state index in [-0.39, 0.29) is 11.7 Å². The molecule has 0 aliphatic heterocycles. The molecule has 26 heavy (non-hydrogen) atoms. The van der Waals surface area contributed by atoms with Crippen LogP contribution in [-0.2, 0) is 28.6 Å². The van der Waals surface area contributed by atoms with Crippen LogP contribution in [0.5, 0.6) is 0 Å². The first kappa shape index (κ1) is 17.6. The molecule has 0 heterocycles. The zero-order valence-corrected chi connectivity index (χ0v) is 15.1. The summed E-state index contributed by atoms with van der Waals surface area (Å²) in [6, 6.07) is 0. The van der Waals surface area contributed by atoms with Crippen LogP contribution in [0.2, 0.25) is 0 Å². The molecule has 6 nitrogen and oxygen atoms in total. The van der Waals surface area contributed by atoms with Crippen LogP contribution in [0.25, 0.3) is 0 Å². The van der Waals surface area contributed by atoms with E-state index in [1.807, 2.05) is 0 Å². The van der Waals surface area contributed by atoms with Crippen molar-refractivity contribution in [2.45, 2.75) is 45.1 Å². The van der Waals surface area contributed by atoms with Gasteiger partial charge in [0.1, 0.15) is 6.10 Å². The first-order valence-corrected chi connectivity index (χ1v) is 9.61. The van der Waals surface area contributed by atoms with Crippen molar-refractivity contribution >= 4 is 17.9 Å². The highest BCUT2D eigenvalue weighted by molar-refractivity contribution is 5.88. The van der Waals surface area contributed by atoms with Crippen molar-refractivity contribution in [1.82, 2.24) is 0 Å². The Bertz CT molecular complexity index is 640. The van der Waals surface area contributed by atoms with Gasteiger partial charge in [0, 0.05) is 5.57 Å². The van der Waals surface area contributed by atoms with Gasteiger partial charge in [0.05, 0.1) is 0 Å². The second-order valence-electron chi connectivity index (χ2n) is 8.43. The van der Waals surface area contributed by atoms with Gasteiger partial charge in [-0.15, -0.1) is 0 Å². The fourth-order valence-corrected chi connectivity index (χ4v) is 6.27. The fraction of sp³-hybridized carbons (Fsp3) is 0.750. The number of ether oxygens (including phenoxy) is 3. The van der Waals surface area contributed by atoms with Crippen molar-refractivity contribution in [2.24, 2.45) is 35.5 Å². The summed E-state index contributed by atoms with van der Waals surface area (Å²) < 4.78 is 15.2. The summed E-state index contributed by atoms with van der Waals surface area (Å²) in [6.07, 6.45) is 6.25. The third kappa shape index (κ3) is 3.03. The Hall–Kier alpha value is -1.85. The van der Waals surface area contributed by atoms with Crippen LogP contribution in [0, 0.1) is 35.5 Å². The lowest BCUT2D eigenvalue weighted by molar-refractivity contribution is -0.168. The lowest BCUT2D eigenvalue weighted by Crippen LogP contribution is -2.38. The molecule has 0 radical (unpaired) electrons. The van der Waals surface area contributed by atoms with Gasteiger partial charge in [-0.3, -0.25) is 0 Å². The quantitative estimate of drug-likeness (QED) is 0.312.